The molecule has 0 radical (unpaired) electrons. The summed E-state index contributed by atoms with van der Waals surface area (Å²) in [6.07, 6.45) is 7.08. The number of piperidine rings is 1. The van der Waals surface area contributed by atoms with Crippen molar-refractivity contribution >= 4 is 0 Å². The van der Waals surface area contributed by atoms with Gasteiger partial charge in [-0.2, -0.15) is 0 Å². The number of nitrogens with zero attached hydrogens (tertiary/aromatic N) is 1. The van der Waals surface area contributed by atoms with Crippen LogP contribution in [0.4, 0.5) is 0 Å². The quantitative estimate of drug-likeness (QED) is 0.824. The molecule has 2 fully saturated rings. The molecule has 0 aromatic carbocycles. The van der Waals surface area contributed by atoms with Gasteiger partial charge in [-0.1, -0.05) is 27.7 Å². The van der Waals surface area contributed by atoms with Crippen LogP contribution in [-0.4, -0.2) is 37.6 Å². The fourth-order valence-electron chi connectivity index (χ4n) is 4.62. The molecule has 1 aliphatic carbocycles. The lowest BCUT2D eigenvalue weighted by molar-refractivity contribution is 0.0935. The Morgan fingerprint density at radius 2 is 1.52 bits per heavy atom. The van der Waals surface area contributed by atoms with Crippen LogP contribution in [0.15, 0.2) is 0 Å². The normalized spacial score (nSPS) is 33.0. The van der Waals surface area contributed by atoms with Crippen LogP contribution in [-0.2, 0) is 0 Å². The van der Waals surface area contributed by atoms with Gasteiger partial charge >= 0.3 is 0 Å². The van der Waals surface area contributed by atoms with Crippen molar-refractivity contribution in [3.05, 3.63) is 0 Å². The lowest BCUT2D eigenvalue weighted by Gasteiger charge is -2.42. The maximum absolute atomic E-state index is 3.60. The van der Waals surface area contributed by atoms with Gasteiger partial charge in [0.25, 0.3) is 0 Å². The summed E-state index contributed by atoms with van der Waals surface area (Å²) >= 11 is 0. The topological polar surface area (TPSA) is 15.3 Å². The third-order valence-corrected chi connectivity index (χ3v) is 6.40. The minimum atomic E-state index is 0.753. The highest BCUT2D eigenvalue weighted by Gasteiger charge is 2.33. The van der Waals surface area contributed by atoms with Gasteiger partial charge in [-0.25, -0.2) is 0 Å². The maximum atomic E-state index is 3.60. The van der Waals surface area contributed by atoms with E-state index < -0.39 is 0 Å². The molecular weight excluding hydrogens is 256 g/mol. The maximum Gasteiger partial charge on any atom is 0.0105 e. The van der Waals surface area contributed by atoms with Crippen LogP contribution in [0.3, 0.4) is 0 Å². The summed E-state index contributed by atoms with van der Waals surface area (Å²) in [5.41, 5.74) is 0. The van der Waals surface area contributed by atoms with E-state index in [0.29, 0.717) is 0 Å². The molecule has 1 saturated carbocycles. The van der Waals surface area contributed by atoms with Gasteiger partial charge in [-0.3, -0.25) is 0 Å². The molecule has 0 aromatic rings. The van der Waals surface area contributed by atoms with Crippen LogP contribution in [0.1, 0.15) is 59.8 Å². The van der Waals surface area contributed by atoms with Gasteiger partial charge in [0.2, 0.25) is 0 Å². The molecule has 3 unspecified atom stereocenters. The molecule has 124 valence electrons. The number of rotatable bonds is 5. The molecule has 0 spiro atoms. The standard InChI is InChI=1S/C19H38N2/c1-14(2)16-8-10-21(11-9-16)13-18-12-17(15(3)4)6-7-19(18)20-5/h14-20H,6-13H2,1-5H3. The Morgan fingerprint density at radius 1 is 0.905 bits per heavy atom. The second kappa shape index (κ2) is 7.97. The lowest BCUT2D eigenvalue weighted by atomic mass is 9.73. The van der Waals surface area contributed by atoms with Crippen LogP contribution in [0, 0.1) is 29.6 Å². The van der Waals surface area contributed by atoms with Crippen molar-refractivity contribution in [1.29, 1.82) is 0 Å². The molecule has 2 nitrogen and oxygen atoms in total. The zero-order chi connectivity index (χ0) is 15.4. The van der Waals surface area contributed by atoms with Crippen LogP contribution in [0.25, 0.3) is 0 Å². The highest BCUT2D eigenvalue weighted by atomic mass is 15.1. The first-order valence-corrected chi connectivity index (χ1v) is 9.40. The summed E-state index contributed by atoms with van der Waals surface area (Å²) in [4.78, 5) is 2.76. The third kappa shape index (κ3) is 4.69. The summed E-state index contributed by atoms with van der Waals surface area (Å²) in [6, 6.07) is 0.753. The van der Waals surface area contributed by atoms with E-state index in [1.807, 2.05) is 0 Å². The Balaban J connectivity index is 1.84. The van der Waals surface area contributed by atoms with Crippen LogP contribution in [0.5, 0.6) is 0 Å². The number of likely N-dealkylation sites (tertiary alicyclic amines) is 1. The van der Waals surface area contributed by atoms with Crippen molar-refractivity contribution in [3.63, 3.8) is 0 Å². The Morgan fingerprint density at radius 3 is 2.05 bits per heavy atom. The van der Waals surface area contributed by atoms with E-state index in [2.05, 4.69) is 45.0 Å². The van der Waals surface area contributed by atoms with Crippen molar-refractivity contribution in [3.8, 4) is 0 Å². The fourth-order valence-corrected chi connectivity index (χ4v) is 4.62. The van der Waals surface area contributed by atoms with Gasteiger partial charge in [0.1, 0.15) is 0 Å². The van der Waals surface area contributed by atoms with Crippen LogP contribution < -0.4 is 5.32 Å². The largest absolute Gasteiger partial charge is 0.317 e. The zero-order valence-electron chi connectivity index (χ0n) is 15.1. The van der Waals surface area contributed by atoms with Crippen molar-refractivity contribution in [2.75, 3.05) is 26.7 Å². The summed E-state index contributed by atoms with van der Waals surface area (Å²) < 4.78 is 0. The second-order valence-electron chi connectivity index (χ2n) is 8.35. The van der Waals surface area contributed by atoms with E-state index in [1.54, 1.807) is 0 Å². The van der Waals surface area contributed by atoms with E-state index in [-0.39, 0.29) is 0 Å². The molecule has 1 N–H and O–H groups in total. The minimum absolute atomic E-state index is 0.753. The highest BCUT2D eigenvalue weighted by Crippen LogP contribution is 2.35. The zero-order valence-corrected chi connectivity index (χ0v) is 15.1. The van der Waals surface area contributed by atoms with Gasteiger partial charge in [-0.05, 0) is 81.8 Å². The lowest BCUT2D eigenvalue weighted by Crippen LogP contribution is -2.47. The first-order chi connectivity index (χ1) is 10.0. The molecule has 3 atom stereocenters. The molecule has 0 amide bonds. The van der Waals surface area contributed by atoms with Crippen molar-refractivity contribution in [1.82, 2.24) is 10.2 Å². The molecular formula is C19H38N2. The van der Waals surface area contributed by atoms with Crippen LogP contribution in [0.2, 0.25) is 0 Å². The highest BCUT2D eigenvalue weighted by molar-refractivity contribution is 4.88. The summed E-state index contributed by atoms with van der Waals surface area (Å²) in [7, 11) is 2.17. The number of nitrogens with one attached hydrogen (secondary N) is 1. The van der Waals surface area contributed by atoms with Gasteiger partial charge in [-0.15, -0.1) is 0 Å². The average Bonchev–Trinajstić information content (AvgIpc) is 2.47. The Hall–Kier alpha value is -0.0800. The summed E-state index contributed by atoms with van der Waals surface area (Å²) in [5.74, 6) is 4.52. The van der Waals surface area contributed by atoms with Gasteiger partial charge in [0, 0.05) is 12.6 Å². The molecule has 1 aliphatic heterocycles. The van der Waals surface area contributed by atoms with Crippen molar-refractivity contribution in [2.24, 2.45) is 29.6 Å². The molecule has 1 saturated heterocycles. The summed E-state index contributed by atoms with van der Waals surface area (Å²) in [5, 5.41) is 3.60. The minimum Gasteiger partial charge on any atom is -0.317 e. The molecule has 2 aliphatic rings. The number of hydrogen-bond acceptors (Lipinski definition) is 2. The second-order valence-corrected chi connectivity index (χ2v) is 8.35. The molecule has 2 rings (SSSR count). The number of hydrogen-bond donors (Lipinski definition) is 1. The van der Waals surface area contributed by atoms with E-state index in [4.69, 9.17) is 0 Å². The Kier molecular flexibility index (Phi) is 6.55. The van der Waals surface area contributed by atoms with Crippen molar-refractivity contribution < 1.29 is 0 Å². The monoisotopic (exact) mass is 294 g/mol. The first kappa shape index (κ1) is 17.3. The van der Waals surface area contributed by atoms with Gasteiger partial charge < -0.3 is 10.2 Å². The first-order valence-electron chi connectivity index (χ1n) is 9.40. The van der Waals surface area contributed by atoms with E-state index in [0.717, 1.165) is 35.6 Å². The average molecular weight is 295 g/mol. The van der Waals surface area contributed by atoms with E-state index in [1.165, 1.54) is 51.7 Å². The third-order valence-electron chi connectivity index (χ3n) is 6.40. The van der Waals surface area contributed by atoms with Gasteiger partial charge in [0.15, 0.2) is 0 Å². The smallest absolute Gasteiger partial charge is 0.0105 e. The van der Waals surface area contributed by atoms with Crippen molar-refractivity contribution in [2.45, 2.75) is 65.8 Å². The van der Waals surface area contributed by atoms with E-state index >= 15 is 0 Å². The SMILES string of the molecule is CNC1CCC(C(C)C)CC1CN1CCC(C(C)C)CC1. The summed E-state index contributed by atoms with van der Waals surface area (Å²) in [6.45, 7) is 13.6. The predicted molar refractivity (Wildman–Crippen MR) is 92.5 cm³/mol. The molecule has 21 heavy (non-hydrogen) atoms. The Bertz CT molecular complexity index is 292. The predicted octanol–water partition coefficient (Wildman–Crippen LogP) is 4.01. The van der Waals surface area contributed by atoms with Crippen LogP contribution >= 0.6 is 0 Å². The molecule has 2 heteroatoms. The fraction of sp³-hybridized carbons (Fsp3) is 1.00. The van der Waals surface area contributed by atoms with Gasteiger partial charge in [0.05, 0.1) is 0 Å². The Labute approximate surface area is 133 Å². The molecule has 1 heterocycles. The molecule has 0 aromatic heterocycles. The van der Waals surface area contributed by atoms with E-state index in [9.17, 15) is 0 Å². The molecule has 0 bridgehead atoms.